The molecular formula is C51H52Cl2N4O9. The molecule has 1 fully saturated rings. The molecule has 0 bridgehead atoms. The Kier molecular flexibility index (Phi) is 13.5. The minimum atomic E-state index is -1.28. The summed E-state index contributed by atoms with van der Waals surface area (Å²) in [7, 11) is 0. The average Bonchev–Trinajstić information content (AvgIpc) is 3.79. The van der Waals surface area contributed by atoms with E-state index < -0.39 is 47.7 Å². The van der Waals surface area contributed by atoms with Crippen molar-refractivity contribution >= 4 is 47.1 Å². The Morgan fingerprint density at radius 2 is 1.64 bits per heavy atom. The van der Waals surface area contributed by atoms with E-state index in [0.29, 0.717) is 46.9 Å². The second-order valence-electron chi connectivity index (χ2n) is 18.1. The van der Waals surface area contributed by atoms with Gasteiger partial charge in [0.05, 0.1) is 16.0 Å². The van der Waals surface area contributed by atoms with Crippen molar-refractivity contribution in [2.45, 2.75) is 90.8 Å². The molecule has 8 rings (SSSR count). The number of amides is 3. The lowest BCUT2D eigenvalue weighted by atomic mass is 9.90. The van der Waals surface area contributed by atoms with Gasteiger partial charge in [0.1, 0.15) is 36.6 Å². The lowest BCUT2D eigenvalue weighted by Crippen LogP contribution is -2.57. The molecule has 0 radical (unpaired) electrons. The Balaban J connectivity index is 0.995. The summed E-state index contributed by atoms with van der Waals surface area (Å²) in [6.07, 6.45) is 1.31. The fourth-order valence-corrected chi connectivity index (χ4v) is 8.84. The first-order valence-electron chi connectivity index (χ1n) is 21.9. The van der Waals surface area contributed by atoms with Gasteiger partial charge in [0.2, 0.25) is 11.8 Å². The highest BCUT2D eigenvalue weighted by Gasteiger charge is 2.42. The normalized spacial score (nSPS) is 18.3. The predicted molar refractivity (Wildman–Crippen MR) is 249 cm³/mol. The van der Waals surface area contributed by atoms with E-state index in [9.17, 15) is 24.3 Å². The molecular weight excluding hydrogens is 883 g/mol. The number of carboxylic acids is 1. The van der Waals surface area contributed by atoms with E-state index in [1.165, 1.54) is 9.80 Å². The predicted octanol–water partition coefficient (Wildman–Crippen LogP) is 9.09. The van der Waals surface area contributed by atoms with Gasteiger partial charge in [0.25, 0.3) is 0 Å². The number of likely N-dealkylation sites (tertiary alicyclic amines) is 1. The summed E-state index contributed by atoms with van der Waals surface area (Å²) in [6, 6.07) is 23.8. The molecule has 1 aromatic heterocycles. The highest BCUT2D eigenvalue weighted by molar-refractivity contribution is 6.42. The van der Waals surface area contributed by atoms with Crippen LogP contribution >= 0.6 is 23.2 Å². The van der Waals surface area contributed by atoms with Gasteiger partial charge in [-0.3, -0.25) is 14.6 Å². The Morgan fingerprint density at radius 1 is 0.909 bits per heavy atom. The minimum Gasteiger partial charge on any atom is -0.489 e. The van der Waals surface area contributed by atoms with Crippen LogP contribution in [0.25, 0.3) is 11.1 Å². The Morgan fingerprint density at radius 3 is 2.35 bits per heavy atom. The molecule has 0 spiro atoms. The number of ether oxygens (including phenoxy) is 4. The number of benzene rings is 4. The van der Waals surface area contributed by atoms with Crippen LogP contribution in [0.5, 0.6) is 17.2 Å². The molecule has 3 aliphatic heterocycles. The summed E-state index contributed by atoms with van der Waals surface area (Å²) in [5, 5.41) is 14.1. The highest BCUT2D eigenvalue weighted by atomic mass is 35.5. The smallest absolute Gasteiger partial charge is 0.410 e. The van der Waals surface area contributed by atoms with Gasteiger partial charge in [-0.05, 0) is 128 Å². The number of carbonyl (C=O) groups is 4. The molecule has 2 N–H and O–H groups in total. The molecule has 4 atom stereocenters. The number of nitrogens with zero attached hydrogens (tertiary/aromatic N) is 3. The number of hydrogen-bond acceptors (Lipinski definition) is 9. The molecule has 3 amide bonds. The van der Waals surface area contributed by atoms with E-state index >= 15 is 0 Å². The number of nitrogens with one attached hydrogen (secondary N) is 1. The van der Waals surface area contributed by atoms with Gasteiger partial charge in [-0.1, -0.05) is 65.7 Å². The van der Waals surface area contributed by atoms with E-state index in [2.05, 4.69) is 10.3 Å². The molecule has 66 heavy (non-hydrogen) atoms. The Hall–Kier alpha value is -6.31. The van der Waals surface area contributed by atoms with Crippen molar-refractivity contribution < 1.29 is 43.2 Å². The zero-order valence-electron chi connectivity index (χ0n) is 37.4. The monoisotopic (exact) mass is 934 g/mol. The standard InChI is InChI=1S/C51H52Cl2N4O9/c1-29-30(2)54-18-16-39(29)33-9-6-31(7-10-33)21-42(49(60)61)55-47(58)43-22-36-23-44-45(24-37(36)26-57(43)48(59)35-17-19-56(25-35)50(62)66-51(3,4)5)65-46(28-64-44)34-11-13-38(14-12-34)63-27-32-8-15-40(52)41(53)20-32/h6-16,18,20,23-24,35,42-43,46H,17,19,21-22,25-28H2,1-5H3,(H,55,58)(H,60,61)/t35-,42+,43+,46-/m1/s1. The van der Waals surface area contributed by atoms with E-state index in [0.717, 1.165) is 50.2 Å². The van der Waals surface area contributed by atoms with Gasteiger partial charge < -0.3 is 39.2 Å². The molecule has 344 valence electrons. The summed E-state index contributed by atoms with van der Waals surface area (Å²) in [4.78, 5) is 62.1. The largest absolute Gasteiger partial charge is 0.489 e. The van der Waals surface area contributed by atoms with Crippen LogP contribution in [-0.4, -0.2) is 81.1 Å². The first kappa shape index (κ1) is 46.2. The van der Waals surface area contributed by atoms with Crippen LogP contribution in [-0.2, 0) is 45.1 Å². The summed E-state index contributed by atoms with van der Waals surface area (Å²) in [5.74, 6) is -1.07. The summed E-state index contributed by atoms with van der Waals surface area (Å²) in [5.41, 5.74) is 7.27. The van der Waals surface area contributed by atoms with Crippen LogP contribution in [0.3, 0.4) is 0 Å². The molecule has 0 aliphatic carbocycles. The fourth-order valence-electron chi connectivity index (χ4n) is 8.52. The Bertz CT molecular complexity index is 2650. The second kappa shape index (κ2) is 19.3. The van der Waals surface area contributed by atoms with Crippen molar-refractivity contribution in [2.24, 2.45) is 5.92 Å². The molecule has 1 saturated heterocycles. The first-order valence-corrected chi connectivity index (χ1v) is 22.7. The van der Waals surface area contributed by atoms with Crippen molar-refractivity contribution in [3.05, 3.63) is 140 Å². The topological polar surface area (TPSA) is 157 Å². The number of aliphatic carboxylic acids is 1. The fraction of sp³-hybridized carbons (Fsp3) is 0.353. The van der Waals surface area contributed by atoms with Crippen molar-refractivity contribution in [3.63, 3.8) is 0 Å². The zero-order chi connectivity index (χ0) is 46.9. The number of carbonyl (C=O) groups excluding carboxylic acids is 3. The van der Waals surface area contributed by atoms with Crippen molar-refractivity contribution in [1.29, 1.82) is 0 Å². The maximum atomic E-state index is 14.6. The first-order chi connectivity index (χ1) is 31.5. The second-order valence-corrected chi connectivity index (χ2v) is 18.9. The Labute approximate surface area is 393 Å². The third-order valence-corrected chi connectivity index (χ3v) is 13.0. The van der Waals surface area contributed by atoms with Crippen LogP contribution in [0.4, 0.5) is 4.79 Å². The number of aryl methyl sites for hydroxylation is 1. The third-order valence-electron chi connectivity index (χ3n) is 12.2. The van der Waals surface area contributed by atoms with Gasteiger partial charge in [0, 0.05) is 44.4 Å². The minimum absolute atomic E-state index is 0.0226. The number of aromatic nitrogens is 1. The summed E-state index contributed by atoms with van der Waals surface area (Å²) in [6.45, 7) is 10.3. The number of fused-ring (bicyclic) bond motifs is 2. The molecule has 15 heteroatoms. The SMILES string of the molecule is Cc1nccc(-c2ccc(C[C@H](NC(=O)[C@@H]3Cc4cc5c(cc4CN3C(=O)[C@@H]3CCN(C(=O)OC(C)(C)C)C3)O[C@@H](c3ccc(OCc4ccc(Cl)c(Cl)c4)cc3)CO5)C(=O)O)cc2)c1C. The molecule has 0 saturated carbocycles. The van der Waals surface area contributed by atoms with E-state index in [1.54, 1.807) is 39.1 Å². The molecule has 4 aromatic carbocycles. The number of rotatable bonds is 11. The van der Waals surface area contributed by atoms with E-state index in [4.69, 9.17) is 42.1 Å². The molecule has 13 nitrogen and oxygen atoms in total. The van der Waals surface area contributed by atoms with E-state index in [-0.39, 0.29) is 38.4 Å². The van der Waals surface area contributed by atoms with Gasteiger partial charge in [-0.15, -0.1) is 0 Å². The summed E-state index contributed by atoms with van der Waals surface area (Å²) >= 11 is 12.2. The molecule has 3 aliphatic rings. The molecule has 4 heterocycles. The van der Waals surface area contributed by atoms with Gasteiger partial charge in [0.15, 0.2) is 17.6 Å². The van der Waals surface area contributed by atoms with Crippen molar-refractivity contribution in [2.75, 3.05) is 19.7 Å². The van der Waals surface area contributed by atoms with Gasteiger partial charge >= 0.3 is 12.1 Å². The quantitative estimate of drug-likeness (QED) is 0.131. The number of pyridine rings is 1. The van der Waals surface area contributed by atoms with Crippen LogP contribution in [0.15, 0.2) is 91.1 Å². The van der Waals surface area contributed by atoms with Crippen LogP contribution in [0.1, 0.15) is 72.4 Å². The molecule has 5 aromatic rings. The van der Waals surface area contributed by atoms with Gasteiger partial charge in [-0.2, -0.15) is 0 Å². The lowest BCUT2D eigenvalue weighted by molar-refractivity contribution is -0.147. The highest BCUT2D eigenvalue weighted by Crippen LogP contribution is 2.41. The van der Waals surface area contributed by atoms with Gasteiger partial charge in [-0.25, -0.2) is 9.59 Å². The average molecular weight is 936 g/mol. The number of carboxylic acid groups (broad SMARTS) is 1. The molecule has 0 unspecified atom stereocenters. The van der Waals surface area contributed by atoms with Crippen molar-refractivity contribution in [1.82, 2.24) is 20.1 Å². The zero-order valence-corrected chi connectivity index (χ0v) is 38.9. The third kappa shape index (κ3) is 10.5. The van der Waals surface area contributed by atoms with Crippen LogP contribution in [0.2, 0.25) is 10.0 Å². The lowest BCUT2D eigenvalue weighted by Gasteiger charge is -2.38. The van der Waals surface area contributed by atoms with Crippen molar-refractivity contribution in [3.8, 4) is 28.4 Å². The maximum Gasteiger partial charge on any atom is 0.410 e. The van der Waals surface area contributed by atoms with E-state index in [1.807, 2.05) is 86.6 Å². The summed E-state index contributed by atoms with van der Waals surface area (Å²) < 4.78 is 24.3. The van der Waals surface area contributed by atoms with Crippen LogP contribution in [0, 0.1) is 19.8 Å². The maximum absolute atomic E-state index is 14.6. The van der Waals surface area contributed by atoms with Crippen LogP contribution < -0.4 is 19.5 Å². The number of hydrogen-bond donors (Lipinski definition) is 2. The number of halogens is 2.